The largest absolute Gasteiger partial charge is 0.488 e. The zero-order valence-corrected chi connectivity index (χ0v) is 26.2. The summed E-state index contributed by atoms with van der Waals surface area (Å²) < 4.78 is 45.9. The summed E-state index contributed by atoms with van der Waals surface area (Å²) in [6, 6.07) is 16.1. The van der Waals surface area contributed by atoms with E-state index in [1.54, 1.807) is 18.4 Å². The van der Waals surface area contributed by atoms with Crippen LogP contribution in [0.3, 0.4) is 0 Å². The summed E-state index contributed by atoms with van der Waals surface area (Å²) in [4.78, 5) is 2.24. The molecule has 3 aromatic carbocycles. The van der Waals surface area contributed by atoms with Gasteiger partial charge in [0.15, 0.2) is 0 Å². The minimum Gasteiger partial charge on any atom is -0.488 e. The maximum Gasteiger partial charge on any atom is 0.132 e. The Morgan fingerprint density at radius 3 is 2.44 bits per heavy atom. The smallest absolute Gasteiger partial charge is 0.132 e. The van der Waals surface area contributed by atoms with Crippen LogP contribution in [0, 0.1) is 11.6 Å². The van der Waals surface area contributed by atoms with Crippen LogP contribution in [-0.4, -0.2) is 88.1 Å². The lowest BCUT2D eigenvalue weighted by Gasteiger charge is -2.47. The minimum atomic E-state index is -1.32. The van der Waals surface area contributed by atoms with Crippen LogP contribution in [0.5, 0.6) is 5.75 Å². The third-order valence-electron chi connectivity index (χ3n) is 8.88. The topological polar surface area (TPSA) is 118 Å². The maximum absolute atomic E-state index is 14.3. The van der Waals surface area contributed by atoms with Crippen molar-refractivity contribution < 1.29 is 38.3 Å². The van der Waals surface area contributed by atoms with Gasteiger partial charge in [0.2, 0.25) is 0 Å². The number of likely N-dealkylation sites (tertiary alicyclic amines) is 1. The van der Waals surface area contributed by atoms with Crippen molar-refractivity contribution in [1.29, 1.82) is 0 Å². The van der Waals surface area contributed by atoms with Crippen LogP contribution in [0.15, 0.2) is 60.7 Å². The standard InChI is InChI=1S/C33H37ClF2N2O6S/c1-45-33-30(41)28(39)29(40)31(44-33)18-4-8-25(34)19(11-18)10-17-2-6-22(7-3-17)43-23-14-38(15-23)21-13-27(37)32(42-16-21)24-12-20(35)5-9-26(24)36/h2-9,11-12,21,23,27-33,39-41H,10,13-16,37H2,1H3/t21-,27-,28+,29+,30-,31-,32+,33+/m0/s1. The number of thioether (sulfide) groups is 1. The number of nitrogens with zero attached hydrogens (tertiary/aromatic N) is 1. The van der Waals surface area contributed by atoms with Crippen LogP contribution < -0.4 is 10.5 Å². The number of nitrogens with two attached hydrogens (primary N) is 1. The average Bonchev–Trinajstić information content (AvgIpc) is 3.01. The molecule has 3 aromatic rings. The van der Waals surface area contributed by atoms with E-state index < -0.39 is 53.6 Å². The molecular formula is C33H37ClF2N2O6S. The number of aliphatic hydroxyl groups excluding tert-OH is 3. The molecule has 3 fully saturated rings. The molecule has 45 heavy (non-hydrogen) atoms. The highest BCUT2D eigenvalue weighted by molar-refractivity contribution is 7.99. The number of benzene rings is 3. The fraction of sp³-hybridized carbons (Fsp3) is 0.455. The first kappa shape index (κ1) is 32.6. The molecule has 8 atom stereocenters. The van der Waals surface area contributed by atoms with Gasteiger partial charge in [0.25, 0.3) is 0 Å². The van der Waals surface area contributed by atoms with Crippen LogP contribution in [0.25, 0.3) is 0 Å². The molecule has 3 heterocycles. The average molecular weight is 663 g/mol. The molecule has 6 rings (SSSR count). The predicted molar refractivity (Wildman–Crippen MR) is 167 cm³/mol. The third kappa shape index (κ3) is 7.02. The molecule has 0 aromatic heterocycles. The Bertz CT molecular complexity index is 1480. The summed E-state index contributed by atoms with van der Waals surface area (Å²) in [6.07, 6.45) is -2.34. The summed E-state index contributed by atoms with van der Waals surface area (Å²) in [5.74, 6) is -0.288. The molecule has 0 bridgehead atoms. The van der Waals surface area contributed by atoms with Gasteiger partial charge in [-0.2, -0.15) is 0 Å². The van der Waals surface area contributed by atoms with Gasteiger partial charge in [0, 0.05) is 35.8 Å². The lowest BCUT2D eigenvalue weighted by atomic mass is 9.92. The highest BCUT2D eigenvalue weighted by atomic mass is 35.5. The van der Waals surface area contributed by atoms with Crippen LogP contribution in [0.1, 0.15) is 40.9 Å². The summed E-state index contributed by atoms with van der Waals surface area (Å²) in [6.45, 7) is 1.80. The zero-order chi connectivity index (χ0) is 31.8. The van der Waals surface area contributed by atoms with Gasteiger partial charge in [0.05, 0.1) is 6.61 Å². The lowest BCUT2D eigenvalue weighted by molar-refractivity contribution is -0.200. The van der Waals surface area contributed by atoms with Crippen LogP contribution >= 0.6 is 23.4 Å². The van der Waals surface area contributed by atoms with Crippen molar-refractivity contribution in [2.45, 2.75) is 67.0 Å². The van der Waals surface area contributed by atoms with Crippen LogP contribution in [0.4, 0.5) is 8.78 Å². The second-order valence-corrected chi connectivity index (χ2v) is 13.3. The van der Waals surface area contributed by atoms with Gasteiger partial charge in [-0.05, 0) is 72.2 Å². The molecule has 0 saturated carbocycles. The van der Waals surface area contributed by atoms with Crippen molar-refractivity contribution in [1.82, 2.24) is 4.90 Å². The van der Waals surface area contributed by atoms with Gasteiger partial charge in [-0.3, -0.25) is 4.90 Å². The molecule has 3 aliphatic rings. The summed E-state index contributed by atoms with van der Waals surface area (Å²) in [5.41, 5.74) is 8.34. The SMILES string of the molecule is CS[C@H]1O[C@@H](c2ccc(Cl)c(Cc3ccc(OC4CN([C@@H]5CO[C@H](c6cc(F)ccc6F)[C@@H](N)C5)C4)cc3)c2)[C@H](O)[C@@H](O)[C@@H]1O. The molecule has 8 nitrogen and oxygen atoms in total. The van der Waals surface area contributed by atoms with Gasteiger partial charge in [0.1, 0.15) is 59.4 Å². The summed E-state index contributed by atoms with van der Waals surface area (Å²) in [5, 5.41) is 31.7. The molecule has 0 amide bonds. The van der Waals surface area contributed by atoms with Gasteiger partial charge in [-0.25, -0.2) is 8.78 Å². The van der Waals surface area contributed by atoms with E-state index in [0.717, 1.165) is 35.1 Å². The molecule has 0 unspecified atom stereocenters. The number of ether oxygens (including phenoxy) is 3. The van der Waals surface area contributed by atoms with E-state index in [9.17, 15) is 24.1 Å². The van der Waals surface area contributed by atoms with Gasteiger partial charge < -0.3 is 35.3 Å². The number of aliphatic hydroxyl groups is 3. The molecule has 12 heteroatoms. The molecule has 0 radical (unpaired) electrons. The zero-order valence-electron chi connectivity index (χ0n) is 24.6. The van der Waals surface area contributed by atoms with Gasteiger partial charge in [-0.15, -0.1) is 11.8 Å². The second kappa shape index (κ2) is 13.8. The number of rotatable bonds is 8. The van der Waals surface area contributed by atoms with E-state index in [-0.39, 0.29) is 17.7 Å². The van der Waals surface area contributed by atoms with E-state index in [1.165, 1.54) is 11.8 Å². The Balaban J connectivity index is 1.01. The van der Waals surface area contributed by atoms with Crippen molar-refractivity contribution in [3.05, 3.63) is 99.6 Å². The van der Waals surface area contributed by atoms with Crippen molar-refractivity contribution in [3.63, 3.8) is 0 Å². The highest BCUT2D eigenvalue weighted by Gasteiger charge is 2.44. The van der Waals surface area contributed by atoms with Crippen molar-refractivity contribution in [2.75, 3.05) is 26.0 Å². The Morgan fingerprint density at radius 1 is 0.978 bits per heavy atom. The van der Waals surface area contributed by atoms with Crippen LogP contribution in [0.2, 0.25) is 5.02 Å². The molecule has 3 saturated heterocycles. The van der Waals surface area contributed by atoms with E-state index in [0.29, 0.717) is 43.1 Å². The molecule has 242 valence electrons. The molecule has 5 N–H and O–H groups in total. The minimum absolute atomic E-state index is 0.0116. The molecule has 0 aliphatic carbocycles. The monoisotopic (exact) mass is 662 g/mol. The number of hydrogen-bond donors (Lipinski definition) is 4. The highest BCUT2D eigenvalue weighted by Crippen LogP contribution is 2.37. The van der Waals surface area contributed by atoms with E-state index in [2.05, 4.69) is 4.90 Å². The first-order chi connectivity index (χ1) is 21.6. The maximum atomic E-state index is 14.3. The lowest BCUT2D eigenvalue weighted by Crippen LogP contribution is -2.61. The van der Waals surface area contributed by atoms with Crippen molar-refractivity contribution in [3.8, 4) is 5.75 Å². The van der Waals surface area contributed by atoms with Crippen molar-refractivity contribution >= 4 is 23.4 Å². The Labute approximate surface area is 270 Å². The third-order valence-corrected chi connectivity index (χ3v) is 10.1. The van der Waals surface area contributed by atoms with Gasteiger partial charge >= 0.3 is 0 Å². The summed E-state index contributed by atoms with van der Waals surface area (Å²) >= 11 is 7.79. The van der Waals surface area contributed by atoms with E-state index in [4.69, 9.17) is 31.5 Å². The van der Waals surface area contributed by atoms with E-state index in [1.807, 2.05) is 30.3 Å². The molecule has 3 aliphatic heterocycles. The predicted octanol–water partition coefficient (Wildman–Crippen LogP) is 3.97. The summed E-state index contributed by atoms with van der Waals surface area (Å²) in [7, 11) is 0. The molecular weight excluding hydrogens is 626 g/mol. The number of halogens is 3. The quantitative estimate of drug-likeness (QED) is 0.284. The first-order valence-corrected chi connectivity index (χ1v) is 16.6. The normalized spacial score (nSPS) is 31.0. The molecule has 0 spiro atoms. The van der Waals surface area contributed by atoms with Crippen molar-refractivity contribution in [2.24, 2.45) is 5.73 Å². The van der Waals surface area contributed by atoms with E-state index >= 15 is 0 Å². The van der Waals surface area contributed by atoms with Gasteiger partial charge in [-0.1, -0.05) is 35.9 Å². The Kier molecular flexibility index (Phi) is 10.0. The fourth-order valence-electron chi connectivity index (χ4n) is 6.32. The fourth-order valence-corrected chi connectivity index (χ4v) is 7.17. The number of hydrogen-bond acceptors (Lipinski definition) is 9. The Morgan fingerprint density at radius 2 is 1.73 bits per heavy atom. The second-order valence-electron chi connectivity index (χ2n) is 12.0. The van der Waals surface area contributed by atoms with Crippen LogP contribution in [-0.2, 0) is 15.9 Å². The Hall–Kier alpha value is -2.32. The first-order valence-electron chi connectivity index (χ1n) is 14.9.